The van der Waals surface area contributed by atoms with Crippen LogP contribution in [0.3, 0.4) is 0 Å². The fourth-order valence-corrected chi connectivity index (χ4v) is 2.88. The molecule has 2 rings (SSSR count). The van der Waals surface area contributed by atoms with Crippen molar-refractivity contribution in [3.63, 3.8) is 0 Å². The van der Waals surface area contributed by atoms with Crippen LogP contribution in [0.25, 0.3) is 0 Å². The minimum atomic E-state index is -0.103. The van der Waals surface area contributed by atoms with Gasteiger partial charge in [0.2, 0.25) is 0 Å². The maximum atomic E-state index is 14.1. The Kier molecular flexibility index (Phi) is 5.11. The highest BCUT2D eigenvalue weighted by Crippen LogP contribution is 2.26. The highest BCUT2D eigenvalue weighted by atomic mass is 32.2. The number of nitrogens with zero attached hydrogens (tertiary/aromatic N) is 1. The number of rotatable bonds is 7. The fraction of sp³-hybridized carbons (Fsp3) is 0.600. The van der Waals surface area contributed by atoms with Gasteiger partial charge in [0.25, 0.3) is 0 Å². The summed E-state index contributed by atoms with van der Waals surface area (Å²) < 4.78 is 14.1. The van der Waals surface area contributed by atoms with Gasteiger partial charge in [0, 0.05) is 42.7 Å². The Labute approximate surface area is 119 Å². The van der Waals surface area contributed by atoms with Crippen molar-refractivity contribution >= 4 is 17.4 Å². The molecule has 1 atom stereocenters. The molecule has 1 aromatic rings. The Bertz CT molecular complexity index is 421. The minimum absolute atomic E-state index is 0.103. The minimum Gasteiger partial charge on any atom is -0.371 e. The third-order valence-electron chi connectivity index (χ3n) is 3.69. The number of hydrogen-bond donors (Lipinski definition) is 1. The SMILES string of the molecule is CSCC(C)N(C)c1cccc(F)c1CNC1CC1. The van der Waals surface area contributed by atoms with Gasteiger partial charge in [0.15, 0.2) is 0 Å². The molecule has 0 spiro atoms. The van der Waals surface area contributed by atoms with E-state index in [4.69, 9.17) is 0 Å². The standard InChI is InChI=1S/C15H23FN2S/c1-11(10-19-3)18(2)15-6-4-5-14(16)13(15)9-17-12-7-8-12/h4-6,11-12,17H,7-10H2,1-3H3. The van der Waals surface area contributed by atoms with Gasteiger partial charge in [-0.2, -0.15) is 11.8 Å². The Balaban J connectivity index is 2.14. The third kappa shape index (κ3) is 3.86. The lowest BCUT2D eigenvalue weighted by Gasteiger charge is -2.29. The molecule has 1 fully saturated rings. The number of thioether (sulfide) groups is 1. The van der Waals surface area contributed by atoms with Gasteiger partial charge in [0.05, 0.1) is 0 Å². The molecule has 1 saturated carbocycles. The number of hydrogen-bond acceptors (Lipinski definition) is 3. The van der Waals surface area contributed by atoms with E-state index in [9.17, 15) is 4.39 Å². The van der Waals surface area contributed by atoms with E-state index >= 15 is 0 Å². The molecule has 4 heteroatoms. The molecular weight excluding hydrogens is 259 g/mol. The molecule has 2 nitrogen and oxygen atoms in total. The van der Waals surface area contributed by atoms with Crippen molar-refractivity contribution < 1.29 is 4.39 Å². The van der Waals surface area contributed by atoms with E-state index in [0.717, 1.165) is 17.0 Å². The Hall–Kier alpha value is -0.740. The zero-order chi connectivity index (χ0) is 13.8. The lowest BCUT2D eigenvalue weighted by molar-refractivity contribution is 0.584. The summed E-state index contributed by atoms with van der Waals surface area (Å²) >= 11 is 1.82. The molecule has 0 radical (unpaired) electrons. The summed E-state index contributed by atoms with van der Waals surface area (Å²) in [6.07, 6.45) is 4.55. The van der Waals surface area contributed by atoms with Crippen molar-refractivity contribution in [1.29, 1.82) is 0 Å². The Morgan fingerprint density at radius 2 is 2.21 bits per heavy atom. The second-order valence-corrected chi connectivity index (χ2v) is 6.22. The number of anilines is 1. The molecule has 19 heavy (non-hydrogen) atoms. The predicted molar refractivity (Wildman–Crippen MR) is 82.5 cm³/mol. The van der Waals surface area contributed by atoms with Gasteiger partial charge in [-0.1, -0.05) is 6.07 Å². The van der Waals surface area contributed by atoms with E-state index in [0.29, 0.717) is 18.6 Å². The normalized spacial score (nSPS) is 16.4. The van der Waals surface area contributed by atoms with Crippen LogP contribution in [-0.2, 0) is 6.54 Å². The van der Waals surface area contributed by atoms with Crippen LogP contribution in [0, 0.1) is 5.82 Å². The van der Waals surface area contributed by atoms with Gasteiger partial charge in [-0.3, -0.25) is 0 Å². The molecule has 0 heterocycles. The average molecular weight is 282 g/mol. The van der Waals surface area contributed by atoms with Crippen molar-refractivity contribution in [1.82, 2.24) is 5.32 Å². The van der Waals surface area contributed by atoms with Gasteiger partial charge >= 0.3 is 0 Å². The number of benzene rings is 1. The summed E-state index contributed by atoms with van der Waals surface area (Å²) in [5.74, 6) is 0.941. The monoisotopic (exact) mass is 282 g/mol. The van der Waals surface area contributed by atoms with Crippen molar-refractivity contribution in [3.05, 3.63) is 29.6 Å². The van der Waals surface area contributed by atoms with Crippen LogP contribution in [0.2, 0.25) is 0 Å². The maximum Gasteiger partial charge on any atom is 0.129 e. The lowest BCUT2D eigenvalue weighted by atomic mass is 10.1. The van der Waals surface area contributed by atoms with E-state index in [2.05, 4.69) is 30.4 Å². The van der Waals surface area contributed by atoms with Crippen molar-refractivity contribution in [2.24, 2.45) is 0 Å². The first-order valence-corrected chi connectivity index (χ1v) is 8.25. The fourth-order valence-electron chi connectivity index (χ4n) is 2.18. The van der Waals surface area contributed by atoms with E-state index in [1.165, 1.54) is 12.8 Å². The summed E-state index contributed by atoms with van der Waals surface area (Å²) in [5, 5.41) is 3.41. The quantitative estimate of drug-likeness (QED) is 0.826. The van der Waals surface area contributed by atoms with Crippen molar-refractivity contribution in [3.8, 4) is 0 Å². The van der Waals surface area contributed by atoms with Crippen LogP contribution in [0.4, 0.5) is 10.1 Å². The molecule has 1 N–H and O–H groups in total. The second-order valence-electron chi connectivity index (χ2n) is 5.31. The molecule has 0 bridgehead atoms. The molecule has 0 amide bonds. The Morgan fingerprint density at radius 1 is 1.47 bits per heavy atom. The molecule has 1 aliphatic carbocycles. The summed E-state index contributed by atoms with van der Waals surface area (Å²) in [6.45, 7) is 2.81. The first-order valence-electron chi connectivity index (χ1n) is 6.86. The van der Waals surface area contributed by atoms with Gasteiger partial charge in [-0.15, -0.1) is 0 Å². The van der Waals surface area contributed by atoms with Crippen molar-refractivity contribution in [2.45, 2.75) is 38.4 Å². The third-order valence-corrected chi connectivity index (χ3v) is 4.50. The smallest absolute Gasteiger partial charge is 0.129 e. The Morgan fingerprint density at radius 3 is 2.84 bits per heavy atom. The summed E-state index contributed by atoms with van der Waals surface area (Å²) in [6, 6.07) is 6.37. The summed E-state index contributed by atoms with van der Waals surface area (Å²) in [7, 11) is 2.05. The first-order chi connectivity index (χ1) is 9.13. The lowest BCUT2D eigenvalue weighted by Crippen LogP contribution is -2.32. The van der Waals surface area contributed by atoms with Gasteiger partial charge < -0.3 is 10.2 Å². The maximum absolute atomic E-state index is 14.1. The molecule has 106 valence electrons. The van der Waals surface area contributed by atoms with Crippen LogP contribution in [0.1, 0.15) is 25.3 Å². The molecular formula is C15H23FN2S. The second kappa shape index (κ2) is 6.62. The molecule has 0 aromatic heterocycles. The molecule has 1 aromatic carbocycles. The highest BCUT2D eigenvalue weighted by molar-refractivity contribution is 7.98. The van der Waals surface area contributed by atoms with Gasteiger partial charge in [0.1, 0.15) is 5.82 Å². The van der Waals surface area contributed by atoms with E-state index in [-0.39, 0.29) is 5.82 Å². The van der Waals surface area contributed by atoms with Crippen LogP contribution >= 0.6 is 11.8 Å². The molecule has 0 aliphatic heterocycles. The number of nitrogens with one attached hydrogen (secondary N) is 1. The molecule has 1 aliphatic rings. The largest absolute Gasteiger partial charge is 0.371 e. The predicted octanol–water partition coefficient (Wildman–Crippen LogP) is 3.27. The zero-order valence-electron chi connectivity index (χ0n) is 11.9. The topological polar surface area (TPSA) is 15.3 Å². The van der Waals surface area contributed by atoms with E-state index in [1.807, 2.05) is 17.8 Å². The average Bonchev–Trinajstić information content (AvgIpc) is 3.20. The molecule has 1 unspecified atom stereocenters. The highest BCUT2D eigenvalue weighted by Gasteiger charge is 2.22. The zero-order valence-corrected chi connectivity index (χ0v) is 12.8. The van der Waals surface area contributed by atoms with Gasteiger partial charge in [-0.05, 0) is 38.2 Å². The van der Waals surface area contributed by atoms with E-state index in [1.54, 1.807) is 12.1 Å². The van der Waals surface area contributed by atoms with Crippen molar-refractivity contribution in [2.75, 3.05) is 24.0 Å². The van der Waals surface area contributed by atoms with Crippen LogP contribution < -0.4 is 10.2 Å². The van der Waals surface area contributed by atoms with Crippen LogP contribution in [0.15, 0.2) is 18.2 Å². The summed E-state index contributed by atoms with van der Waals surface area (Å²) in [5.41, 5.74) is 1.81. The van der Waals surface area contributed by atoms with E-state index < -0.39 is 0 Å². The number of halogens is 1. The van der Waals surface area contributed by atoms with Crippen LogP contribution in [-0.4, -0.2) is 31.1 Å². The van der Waals surface area contributed by atoms with Gasteiger partial charge in [-0.25, -0.2) is 4.39 Å². The molecule has 0 saturated heterocycles. The van der Waals surface area contributed by atoms with Crippen LogP contribution in [0.5, 0.6) is 0 Å². The first kappa shape index (κ1) is 14.7. The summed E-state index contributed by atoms with van der Waals surface area (Å²) in [4.78, 5) is 2.18.